The van der Waals surface area contributed by atoms with Crippen molar-refractivity contribution in [2.75, 3.05) is 19.8 Å². The van der Waals surface area contributed by atoms with Gasteiger partial charge in [0.1, 0.15) is 5.60 Å². The van der Waals surface area contributed by atoms with Gasteiger partial charge in [0.2, 0.25) is 0 Å². The van der Waals surface area contributed by atoms with E-state index in [9.17, 15) is 5.11 Å². The first-order valence-electron chi connectivity index (χ1n) is 7.62. The maximum atomic E-state index is 10.2. The Balaban J connectivity index is 1.73. The van der Waals surface area contributed by atoms with Crippen LogP contribution in [0.3, 0.4) is 0 Å². The SMILES string of the molecule is CC(C)C1CCCC(NCC2(O)CCOC2)CC1. The van der Waals surface area contributed by atoms with Gasteiger partial charge in [-0.05, 0) is 31.1 Å². The second-order valence-electron chi connectivity index (χ2n) is 6.62. The molecule has 0 spiro atoms. The monoisotopic (exact) mass is 255 g/mol. The molecule has 1 aliphatic heterocycles. The lowest BCUT2D eigenvalue weighted by molar-refractivity contribution is 0.0243. The van der Waals surface area contributed by atoms with Crippen LogP contribution >= 0.6 is 0 Å². The summed E-state index contributed by atoms with van der Waals surface area (Å²) in [4.78, 5) is 0. The molecule has 2 aliphatic rings. The van der Waals surface area contributed by atoms with Gasteiger partial charge in [-0.3, -0.25) is 0 Å². The molecule has 106 valence electrons. The lowest BCUT2D eigenvalue weighted by Crippen LogP contribution is -2.44. The minimum absolute atomic E-state index is 0.501. The van der Waals surface area contributed by atoms with E-state index in [1.54, 1.807) is 0 Å². The van der Waals surface area contributed by atoms with Crippen molar-refractivity contribution in [1.29, 1.82) is 0 Å². The van der Waals surface area contributed by atoms with Crippen molar-refractivity contribution in [3.63, 3.8) is 0 Å². The lowest BCUT2D eigenvalue weighted by Gasteiger charge is -2.25. The molecule has 0 aromatic heterocycles. The molecule has 2 N–H and O–H groups in total. The molecule has 0 amide bonds. The van der Waals surface area contributed by atoms with Crippen LogP contribution in [0.1, 0.15) is 52.4 Å². The zero-order valence-electron chi connectivity index (χ0n) is 12.0. The normalized spacial score (nSPS) is 38.0. The van der Waals surface area contributed by atoms with E-state index in [0.29, 0.717) is 25.8 Å². The molecule has 0 aromatic rings. The first-order chi connectivity index (χ1) is 8.59. The highest BCUT2D eigenvalue weighted by molar-refractivity contribution is 4.87. The smallest absolute Gasteiger partial charge is 0.102 e. The van der Waals surface area contributed by atoms with Crippen molar-refractivity contribution in [2.24, 2.45) is 11.8 Å². The maximum absolute atomic E-state index is 10.2. The Morgan fingerprint density at radius 2 is 2.11 bits per heavy atom. The third-order valence-electron chi connectivity index (χ3n) is 4.76. The summed E-state index contributed by atoms with van der Waals surface area (Å²) in [6.45, 7) is 6.59. The molecule has 0 radical (unpaired) electrons. The molecule has 1 aliphatic carbocycles. The second-order valence-corrected chi connectivity index (χ2v) is 6.62. The van der Waals surface area contributed by atoms with E-state index in [0.717, 1.165) is 18.3 Å². The van der Waals surface area contributed by atoms with Crippen LogP contribution in [-0.4, -0.2) is 36.5 Å². The fraction of sp³-hybridized carbons (Fsp3) is 1.00. The standard InChI is InChI=1S/C15H29NO2/c1-12(2)13-4-3-5-14(7-6-13)16-10-15(17)8-9-18-11-15/h12-14,16-17H,3-11H2,1-2H3. The zero-order valence-corrected chi connectivity index (χ0v) is 12.0. The first kappa shape index (κ1) is 14.3. The van der Waals surface area contributed by atoms with Gasteiger partial charge in [0, 0.05) is 25.6 Å². The Labute approximate surface area is 111 Å². The van der Waals surface area contributed by atoms with E-state index < -0.39 is 5.60 Å². The van der Waals surface area contributed by atoms with Gasteiger partial charge in [-0.1, -0.05) is 26.7 Å². The first-order valence-corrected chi connectivity index (χ1v) is 7.62. The average molecular weight is 255 g/mol. The van der Waals surface area contributed by atoms with Crippen LogP contribution in [0, 0.1) is 11.8 Å². The zero-order chi connectivity index (χ0) is 13.0. The van der Waals surface area contributed by atoms with E-state index in [1.165, 1.54) is 32.1 Å². The van der Waals surface area contributed by atoms with Gasteiger partial charge in [-0.15, -0.1) is 0 Å². The second kappa shape index (κ2) is 6.36. The van der Waals surface area contributed by atoms with E-state index >= 15 is 0 Å². The minimum atomic E-state index is -0.607. The minimum Gasteiger partial charge on any atom is -0.386 e. The lowest BCUT2D eigenvalue weighted by atomic mass is 9.89. The molecule has 0 aromatic carbocycles. The van der Waals surface area contributed by atoms with Crippen molar-refractivity contribution in [3.8, 4) is 0 Å². The predicted octanol–water partition coefficient (Wildman–Crippen LogP) is 2.33. The summed E-state index contributed by atoms with van der Waals surface area (Å²) < 4.78 is 5.28. The summed E-state index contributed by atoms with van der Waals surface area (Å²) in [5.41, 5.74) is -0.607. The van der Waals surface area contributed by atoms with Crippen LogP contribution in [0.15, 0.2) is 0 Å². The highest BCUT2D eigenvalue weighted by atomic mass is 16.5. The van der Waals surface area contributed by atoms with Crippen LogP contribution < -0.4 is 5.32 Å². The topological polar surface area (TPSA) is 41.5 Å². The van der Waals surface area contributed by atoms with Gasteiger partial charge in [0.25, 0.3) is 0 Å². The number of ether oxygens (including phenoxy) is 1. The van der Waals surface area contributed by atoms with Gasteiger partial charge in [-0.2, -0.15) is 0 Å². The third-order valence-corrected chi connectivity index (χ3v) is 4.76. The number of rotatable bonds is 4. The predicted molar refractivity (Wildman–Crippen MR) is 73.6 cm³/mol. The van der Waals surface area contributed by atoms with Gasteiger partial charge < -0.3 is 15.2 Å². The van der Waals surface area contributed by atoms with Gasteiger partial charge in [-0.25, -0.2) is 0 Å². The molecule has 1 heterocycles. The largest absolute Gasteiger partial charge is 0.386 e. The van der Waals surface area contributed by atoms with Crippen molar-refractivity contribution in [1.82, 2.24) is 5.32 Å². The molecule has 3 nitrogen and oxygen atoms in total. The number of hydrogen-bond acceptors (Lipinski definition) is 3. The van der Waals surface area contributed by atoms with Crippen LogP contribution in [0.4, 0.5) is 0 Å². The number of aliphatic hydroxyl groups is 1. The maximum Gasteiger partial charge on any atom is 0.102 e. The summed E-state index contributed by atoms with van der Waals surface area (Å²) in [5, 5.41) is 13.8. The number of hydrogen-bond donors (Lipinski definition) is 2. The molecule has 1 saturated heterocycles. The average Bonchev–Trinajstić information content (AvgIpc) is 2.64. The van der Waals surface area contributed by atoms with E-state index in [4.69, 9.17) is 4.74 Å². The Bertz CT molecular complexity index is 249. The van der Waals surface area contributed by atoms with Crippen LogP contribution in [0.25, 0.3) is 0 Å². The Kier molecular flexibility index (Phi) is 5.05. The van der Waals surface area contributed by atoms with Crippen molar-refractivity contribution in [2.45, 2.75) is 64.0 Å². The van der Waals surface area contributed by atoms with E-state index in [-0.39, 0.29) is 0 Å². The summed E-state index contributed by atoms with van der Waals surface area (Å²) in [6, 6.07) is 0.596. The highest BCUT2D eigenvalue weighted by Gasteiger charge is 2.32. The quantitative estimate of drug-likeness (QED) is 0.758. The molecule has 18 heavy (non-hydrogen) atoms. The molecule has 3 heteroatoms. The Morgan fingerprint density at radius 3 is 2.78 bits per heavy atom. The summed E-state index contributed by atoms with van der Waals surface area (Å²) in [6.07, 6.45) is 7.35. The summed E-state index contributed by atoms with van der Waals surface area (Å²) in [5.74, 6) is 1.71. The summed E-state index contributed by atoms with van der Waals surface area (Å²) >= 11 is 0. The van der Waals surface area contributed by atoms with Gasteiger partial charge in [0.15, 0.2) is 0 Å². The third kappa shape index (κ3) is 3.94. The number of nitrogens with one attached hydrogen (secondary N) is 1. The fourth-order valence-electron chi connectivity index (χ4n) is 3.27. The van der Waals surface area contributed by atoms with E-state index in [2.05, 4.69) is 19.2 Å². The molecule has 3 atom stereocenters. The molecule has 1 saturated carbocycles. The van der Waals surface area contributed by atoms with Crippen LogP contribution in [-0.2, 0) is 4.74 Å². The van der Waals surface area contributed by atoms with Crippen LogP contribution in [0.5, 0.6) is 0 Å². The molecule has 3 unspecified atom stereocenters. The highest BCUT2D eigenvalue weighted by Crippen LogP contribution is 2.29. The molecule has 2 rings (SSSR count). The van der Waals surface area contributed by atoms with E-state index in [1.807, 2.05) is 0 Å². The van der Waals surface area contributed by atoms with Crippen LogP contribution in [0.2, 0.25) is 0 Å². The van der Waals surface area contributed by atoms with Gasteiger partial charge >= 0.3 is 0 Å². The van der Waals surface area contributed by atoms with Crippen molar-refractivity contribution in [3.05, 3.63) is 0 Å². The summed E-state index contributed by atoms with van der Waals surface area (Å²) in [7, 11) is 0. The van der Waals surface area contributed by atoms with Crippen molar-refractivity contribution < 1.29 is 9.84 Å². The molecule has 0 bridgehead atoms. The Morgan fingerprint density at radius 1 is 1.28 bits per heavy atom. The molecular weight excluding hydrogens is 226 g/mol. The fourth-order valence-corrected chi connectivity index (χ4v) is 3.27. The molecular formula is C15H29NO2. The van der Waals surface area contributed by atoms with Crippen molar-refractivity contribution >= 4 is 0 Å². The van der Waals surface area contributed by atoms with Gasteiger partial charge in [0.05, 0.1) is 6.61 Å². The molecule has 2 fully saturated rings. The Hall–Kier alpha value is -0.120.